The lowest BCUT2D eigenvalue weighted by atomic mass is 10.1. The zero-order valence-corrected chi connectivity index (χ0v) is 17.2. The minimum atomic E-state index is -0.398. The lowest BCUT2D eigenvalue weighted by molar-refractivity contribution is -0.135. The van der Waals surface area contributed by atoms with Crippen LogP contribution in [0.3, 0.4) is 0 Å². The number of hydrogen-bond donors (Lipinski definition) is 0. The fourth-order valence-electron chi connectivity index (χ4n) is 3.55. The summed E-state index contributed by atoms with van der Waals surface area (Å²) in [6.07, 6.45) is 0.177. The fraction of sp³-hybridized carbons (Fsp3) is 0.364. The maximum atomic E-state index is 12.9. The minimum Gasteiger partial charge on any atom is -0.497 e. The van der Waals surface area contributed by atoms with Crippen molar-refractivity contribution in [2.45, 2.75) is 13.0 Å². The molecule has 2 amide bonds. The second-order valence-corrected chi connectivity index (χ2v) is 6.99. The summed E-state index contributed by atoms with van der Waals surface area (Å²) >= 11 is 0. The second-order valence-electron chi connectivity index (χ2n) is 6.99. The lowest BCUT2D eigenvalue weighted by Gasteiger charge is -2.22. The molecule has 7 heteroatoms. The first-order valence-corrected chi connectivity index (χ1v) is 9.37. The summed E-state index contributed by atoms with van der Waals surface area (Å²) in [6, 6.07) is 12.9. The molecule has 0 bridgehead atoms. The zero-order chi connectivity index (χ0) is 21.0. The van der Waals surface area contributed by atoms with E-state index in [1.807, 2.05) is 24.3 Å². The Balaban J connectivity index is 1.71. The van der Waals surface area contributed by atoms with Gasteiger partial charge in [0.2, 0.25) is 11.8 Å². The number of anilines is 1. The van der Waals surface area contributed by atoms with E-state index in [1.165, 1.54) is 0 Å². The van der Waals surface area contributed by atoms with Crippen molar-refractivity contribution in [3.8, 4) is 17.2 Å². The molecule has 1 fully saturated rings. The van der Waals surface area contributed by atoms with Crippen molar-refractivity contribution >= 4 is 17.5 Å². The topological polar surface area (TPSA) is 68.3 Å². The van der Waals surface area contributed by atoms with Gasteiger partial charge in [-0.05, 0) is 29.8 Å². The van der Waals surface area contributed by atoms with Gasteiger partial charge in [-0.25, -0.2) is 0 Å². The molecule has 29 heavy (non-hydrogen) atoms. The van der Waals surface area contributed by atoms with E-state index in [9.17, 15) is 9.59 Å². The highest BCUT2D eigenvalue weighted by Crippen LogP contribution is 2.36. The maximum Gasteiger partial charge on any atom is 0.228 e. The van der Waals surface area contributed by atoms with Gasteiger partial charge < -0.3 is 24.0 Å². The van der Waals surface area contributed by atoms with Crippen LogP contribution in [0.2, 0.25) is 0 Å². The molecule has 7 nitrogen and oxygen atoms in total. The average molecular weight is 398 g/mol. The number of amides is 2. The average Bonchev–Trinajstić information content (AvgIpc) is 3.13. The Kier molecular flexibility index (Phi) is 6.26. The molecule has 1 saturated heterocycles. The normalized spacial score (nSPS) is 15.9. The number of ether oxygens (including phenoxy) is 3. The van der Waals surface area contributed by atoms with Crippen LogP contribution in [0, 0.1) is 5.92 Å². The molecule has 0 aliphatic carbocycles. The molecule has 154 valence electrons. The van der Waals surface area contributed by atoms with Crippen LogP contribution in [-0.2, 0) is 16.1 Å². The summed E-state index contributed by atoms with van der Waals surface area (Å²) in [6.45, 7) is 0.773. The van der Waals surface area contributed by atoms with E-state index < -0.39 is 5.92 Å². The Morgan fingerprint density at radius 3 is 2.48 bits per heavy atom. The number of carbonyl (C=O) groups excluding carboxylic acids is 2. The van der Waals surface area contributed by atoms with Gasteiger partial charge >= 0.3 is 0 Å². The molecule has 2 aromatic carbocycles. The van der Waals surface area contributed by atoms with Crippen LogP contribution < -0.4 is 19.1 Å². The Morgan fingerprint density at radius 1 is 1.07 bits per heavy atom. The van der Waals surface area contributed by atoms with E-state index in [0.717, 1.165) is 11.3 Å². The summed E-state index contributed by atoms with van der Waals surface area (Å²) in [5.74, 6) is 1.37. The van der Waals surface area contributed by atoms with Crippen LogP contribution in [-0.4, -0.2) is 51.6 Å². The number of nitrogens with zero attached hydrogens (tertiary/aromatic N) is 2. The Morgan fingerprint density at radius 2 is 1.79 bits per heavy atom. The molecule has 1 aliphatic rings. The van der Waals surface area contributed by atoms with Crippen LogP contribution >= 0.6 is 0 Å². The first-order valence-electron chi connectivity index (χ1n) is 9.37. The van der Waals surface area contributed by atoms with Crippen molar-refractivity contribution in [1.82, 2.24) is 4.90 Å². The summed E-state index contributed by atoms with van der Waals surface area (Å²) in [5.41, 5.74) is 1.61. The highest BCUT2D eigenvalue weighted by molar-refractivity contribution is 6.01. The quantitative estimate of drug-likeness (QED) is 0.717. The van der Waals surface area contributed by atoms with E-state index in [4.69, 9.17) is 14.2 Å². The molecular weight excluding hydrogens is 372 g/mol. The van der Waals surface area contributed by atoms with Gasteiger partial charge in [0, 0.05) is 32.6 Å². The third-order valence-electron chi connectivity index (χ3n) is 5.08. The molecule has 0 aromatic heterocycles. The van der Waals surface area contributed by atoms with Crippen molar-refractivity contribution < 1.29 is 23.8 Å². The predicted octanol–water partition coefficient (Wildman–Crippen LogP) is 2.72. The van der Waals surface area contributed by atoms with Gasteiger partial charge in [0.15, 0.2) is 0 Å². The maximum absolute atomic E-state index is 12.9. The van der Waals surface area contributed by atoms with E-state index >= 15 is 0 Å². The largest absolute Gasteiger partial charge is 0.497 e. The van der Waals surface area contributed by atoms with Crippen molar-refractivity contribution in [1.29, 1.82) is 0 Å². The van der Waals surface area contributed by atoms with E-state index in [1.54, 1.807) is 56.4 Å². The highest BCUT2D eigenvalue weighted by atomic mass is 16.5. The highest BCUT2D eigenvalue weighted by Gasteiger charge is 2.37. The molecular formula is C22H26N2O5. The van der Waals surface area contributed by atoms with Crippen molar-refractivity contribution in [3.05, 3.63) is 48.0 Å². The van der Waals surface area contributed by atoms with E-state index in [0.29, 0.717) is 30.3 Å². The minimum absolute atomic E-state index is 0.0591. The van der Waals surface area contributed by atoms with Gasteiger partial charge in [-0.2, -0.15) is 0 Å². The summed E-state index contributed by atoms with van der Waals surface area (Å²) in [4.78, 5) is 28.8. The molecule has 0 N–H and O–H groups in total. The predicted molar refractivity (Wildman–Crippen MR) is 109 cm³/mol. The fourth-order valence-corrected chi connectivity index (χ4v) is 3.55. The Hall–Kier alpha value is -3.22. The number of benzene rings is 2. The van der Waals surface area contributed by atoms with Crippen LogP contribution in [0.25, 0.3) is 0 Å². The van der Waals surface area contributed by atoms with E-state index in [-0.39, 0.29) is 18.2 Å². The SMILES string of the molecule is COc1cccc(CN(C)C(=O)[C@H]2CC(=O)N(c3ccc(OC)cc3OC)C2)c1. The molecule has 0 unspecified atom stereocenters. The second kappa shape index (κ2) is 8.86. The molecule has 0 radical (unpaired) electrons. The monoisotopic (exact) mass is 398 g/mol. The van der Waals surface area contributed by atoms with Gasteiger partial charge in [0.05, 0.1) is 32.9 Å². The first-order chi connectivity index (χ1) is 14.0. The summed E-state index contributed by atoms with van der Waals surface area (Å²) in [7, 11) is 6.48. The summed E-state index contributed by atoms with van der Waals surface area (Å²) < 4.78 is 15.9. The number of hydrogen-bond acceptors (Lipinski definition) is 5. The molecule has 1 heterocycles. The first kappa shape index (κ1) is 20.5. The third-order valence-corrected chi connectivity index (χ3v) is 5.08. The van der Waals surface area contributed by atoms with E-state index in [2.05, 4.69) is 0 Å². The number of methoxy groups -OCH3 is 3. The molecule has 2 aromatic rings. The number of rotatable bonds is 7. The zero-order valence-electron chi connectivity index (χ0n) is 17.2. The smallest absolute Gasteiger partial charge is 0.228 e. The standard InChI is InChI=1S/C22H26N2O5/c1-23(13-15-6-5-7-17(10-15)27-2)22(26)16-11-21(25)24(14-16)19-9-8-18(28-3)12-20(19)29-4/h5-10,12,16H,11,13-14H2,1-4H3/t16-/m0/s1. The van der Waals surface area contributed by atoms with Crippen LogP contribution in [0.1, 0.15) is 12.0 Å². The van der Waals surface area contributed by atoms with Gasteiger partial charge in [-0.1, -0.05) is 12.1 Å². The van der Waals surface area contributed by atoms with Gasteiger partial charge in [-0.3, -0.25) is 9.59 Å². The molecule has 1 atom stereocenters. The van der Waals surface area contributed by atoms with Gasteiger partial charge in [-0.15, -0.1) is 0 Å². The summed E-state index contributed by atoms with van der Waals surface area (Å²) in [5, 5.41) is 0. The molecule has 0 saturated carbocycles. The van der Waals surface area contributed by atoms with Crippen LogP contribution in [0.5, 0.6) is 17.2 Å². The third kappa shape index (κ3) is 4.45. The van der Waals surface area contributed by atoms with Gasteiger partial charge in [0.25, 0.3) is 0 Å². The van der Waals surface area contributed by atoms with Gasteiger partial charge in [0.1, 0.15) is 17.2 Å². The Labute approximate surface area is 170 Å². The lowest BCUT2D eigenvalue weighted by Crippen LogP contribution is -2.34. The van der Waals surface area contributed by atoms with Crippen molar-refractivity contribution in [2.24, 2.45) is 5.92 Å². The van der Waals surface area contributed by atoms with Crippen LogP contribution in [0.15, 0.2) is 42.5 Å². The molecule has 1 aliphatic heterocycles. The molecule has 0 spiro atoms. The number of carbonyl (C=O) groups is 2. The molecule has 3 rings (SSSR count). The van der Waals surface area contributed by atoms with Crippen LogP contribution in [0.4, 0.5) is 5.69 Å². The Bertz CT molecular complexity index is 899. The van der Waals surface area contributed by atoms with Crippen molar-refractivity contribution in [2.75, 3.05) is 39.8 Å². The van der Waals surface area contributed by atoms with Crippen molar-refractivity contribution in [3.63, 3.8) is 0 Å².